The standard InChI is InChI=1S/C10H8Cl2N4O/c1-17-10-15-8(14-9(13)16-10)6-3-2-5(11)4-7(6)12/h2-4H,1H3,(H2,13,14,15,16). The summed E-state index contributed by atoms with van der Waals surface area (Å²) in [6, 6.07) is 5.14. The van der Waals surface area contributed by atoms with E-state index >= 15 is 0 Å². The van der Waals surface area contributed by atoms with Gasteiger partial charge in [0, 0.05) is 10.6 Å². The highest BCUT2D eigenvalue weighted by molar-refractivity contribution is 6.36. The number of rotatable bonds is 2. The van der Waals surface area contributed by atoms with Crippen molar-refractivity contribution in [2.24, 2.45) is 0 Å². The molecule has 7 heteroatoms. The zero-order valence-corrected chi connectivity index (χ0v) is 10.3. The summed E-state index contributed by atoms with van der Waals surface area (Å²) in [4.78, 5) is 11.8. The fraction of sp³-hybridized carbons (Fsp3) is 0.100. The van der Waals surface area contributed by atoms with Gasteiger partial charge in [0.15, 0.2) is 5.82 Å². The first-order valence-electron chi connectivity index (χ1n) is 4.61. The Morgan fingerprint density at radius 3 is 2.59 bits per heavy atom. The highest BCUT2D eigenvalue weighted by Gasteiger charge is 2.10. The van der Waals surface area contributed by atoms with Crippen molar-refractivity contribution in [2.45, 2.75) is 0 Å². The first-order chi connectivity index (χ1) is 8.10. The van der Waals surface area contributed by atoms with Crippen LogP contribution in [0.2, 0.25) is 10.0 Å². The fourth-order valence-electron chi connectivity index (χ4n) is 1.25. The van der Waals surface area contributed by atoms with Crippen molar-refractivity contribution in [3.63, 3.8) is 0 Å². The number of benzene rings is 1. The molecule has 0 saturated heterocycles. The van der Waals surface area contributed by atoms with Gasteiger partial charge in [-0.05, 0) is 18.2 Å². The molecule has 0 radical (unpaired) electrons. The van der Waals surface area contributed by atoms with Crippen LogP contribution in [0.3, 0.4) is 0 Å². The first kappa shape index (κ1) is 11.9. The lowest BCUT2D eigenvalue weighted by Gasteiger charge is -2.05. The SMILES string of the molecule is COc1nc(N)nc(-c2ccc(Cl)cc2Cl)n1. The van der Waals surface area contributed by atoms with Crippen LogP contribution in [-0.4, -0.2) is 22.1 Å². The molecule has 0 fully saturated rings. The maximum absolute atomic E-state index is 6.05. The van der Waals surface area contributed by atoms with E-state index in [-0.39, 0.29) is 12.0 Å². The number of nitrogen functional groups attached to an aromatic ring is 1. The predicted molar refractivity (Wildman–Crippen MR) is 66.2 cm³/mol. The number of aromatic nitrogens is 3. The molecule has 17 heavy (non-hydrogen) atoms. The Morgan fingerprint density at radius 1 is 1.18 bits per heavy atom. The highest BCUT2D eigenvalue weighted by Crippen LogP contribution is 2.28. The molecule has 0 aliphatic heterocycles. The number of nitrogens with two attached hydrogens (primary N) is 1. The molecule has 0 unspecified atom stereocenters. The number of hydrogen-bond acceptors (Lipinski definition) is 5. The van der Waals surface area contributed by atoms with E-state index in [0.717, 1.165) is 0 Å². The maximum atomic E-state index is 6.05. The Bertz CT molecular complexity index is 562. The summed E-state index contributed by atoms with van der Waals surface area (Å²) in [5, 5.41) is 0.970. The highest BCUT2D eigenvalue weighted by atomic mass is 35.5. The third-order valence-electron chi connectivity index (χ3n) is 1.99. The topological polar surface area (TPSA) is 73.9 Å². The van der Waals surface area contributed by atoms with Gasteiger partial charge in [0.2, 0.25) is 5.95 Å². The van der Waals surface area contributed by atoms with Gasteiger partial charge >= 0.3 is 6.01 Å². The third-order valence-corrected chi connectivity index (χ3v) is 2.53. The van der Waals surface area contributed by atoms with Gasteiger partial charge in [-0.3, -0.25) is 0 Å². The second kappa shape index (κ2) is 4.73. The van der Waals surface area contributed by atoms with Crippen LogP contribution in [0, 0.1) is 0 Å². The van der Waals surface area contributed by atoms with Gasteiger partial charge in [0.1, 0.15) is 0 Å². The molecule has 0 amide bonds. The van der Waals surface area contributed by atoms with Crippen molar-refractivity contribution in [3.8, 4) is 17.4 Å². The van der Waals surface area contributed by atoms with E-state index in [4.69, 9.17) is 33.7 Å². The monoisotopic (exact) mass is 270 g/mol. The van der Waals surface area contributed by atoms with E-state index in [2.05, 4.69) is 15.0 Å². The molecule has 0 spiro atoms. The quantitative estimate of drug-likeness (QED) is 0.907. The lowest BCUT2D eigenvalue weighted by Crippen LogP contribution is -2.02. The third kappa shape index (κ3) is 2.57. The molecule has 0 atom stereocenters. The summed E-state index contributed by atoms with van der Waals surface area (Å²) in [6.07, 6.45) is 0. The second-order valence-corrected chi connectivity index (χ2v) is 3.97. The minimum Gasteiger partial charge on any atom is -0.467 e. The van der Waals surface area contributed by atoms with Gasteiger partial charge in [0.05, 0.1) is 12.1 Å². The zero-order valence-electron chi connectivity index (χ0n) is 8.82. The molecule has 0 saturated carbocycles. The van der Waals surface area contributed by atoms with Gasteiger partial charge in [-0.25, -0.2) is 0 Å². The van der Waals surface area contributed by atoms with Crippen LogP contribution < -0.4 is 10.5 Å². The summed E-state index contributed by atoms with van der Waals surface area (Å²) in [6.45, 7) is 0. The van der Waals surface area contributed by atoms with Crippen molar-refractivity contribution in [2.75, 3.05) is 12.8 Å². The second-order valence-electron chi connectivity index (χ2n) is 3.13. The molecule has 1 aromatic carbocycles. The lowest BCUT2D eigenvalue weighted by molar-refractivity contribution is 0.379. The molecule has 2 aromatic rings. The average molecular weight is 271 g/mol. The van der Waals surface area contributed by atoms with E-state index in [0.29, 0.717) is 21.4 Å². The molecule has 0 bridgehead atoms. The molecule has 2 rings (SSSR count). The number of hydrogen-bond donors (Lipinski definition) is 1. The molecule has 88 valence electrons. The summed E-state index contributed by atoms with van der Waals surface area (Å²) < 4.78 is 4.91. The number of nitrogens with zero attached hydrogens (tertiary/aromatic N) is 3. The average Bonchev–Trinajstić information content (AvgIpc) is 2.28. The normalized spacial score (nSPS) is 10.3. The summed E-state index contributed by atoms with van der Waals surface area (Å²) in [5.74, 6) is 0.411. The molecule has 2 N–H and O–H groups in total. The molecule has 1 aromatic heterocycles. The van der Waals surface area contributed by atoms with E-state index in [1.807, 2.05) is 0 Å². The van der Waals surface area contributed by atoms with Crippen molar-refractivity contribution in [1.29, 1.82) is 0 Å². The molecule has 1 heterocycles. The van der Waals surface area contributed by atoms with Crippen LogP contribution in [0.5, 0.6) is 6.01 Å². The van der Waals surface area contributed by atoms with Crippen molar-refractivity contribution < 1.29 is 4.74 Å². The van der Waals surface area contributed by atoms with Crippen LogP contribution in [-0.2, 0) is 0 Å². The Morgan fingerprint density at radius 2 is 1.94 bits per heavy atom. The van der Waals surface area contributed by atoms with Gasteiger partial charge in [0.25, 0.3) is 0 Å². The summed E-state index contributed by atoms with van der Waals surface area (Å²) >= 11 is 11.9. The van der Waals surface area contributed by atoms with Gasteiger partial charge < -0.3 is 10.5 Å². The summed E-state index contributed by atoms with van der Waals surface area (Å²) in [5.41, 5.74) is 6.16. The Hall–Kier alpha value is -1.59. The Labute approximate surface area is 108 Å². The van der Waals surface area contributed by atoms with E-state index in [1.165, 1.54) is 7.11 Å². The minimum atomic E-state index is 0.0675. The molecule has 0 aliphatic rings. The van der Waals surface area contributed by atoms with Gasteiger partial charge in [-0.15, -0.1) is 0 Å². The Kier molecular flexibility index (Phi) is 3.31. The minimum absolute atomic E-state index is 0.0675. The zero-order chi connectivity index (χ0) is 12.4. The smallest absolute Gasteiger partial charge is 0.321 e. The molecular weight excluding hydrogens is 263 g/mol. The van der Waals surface area contributed by atoms with Gasteiger partial charge in [-0.2, -0.15) is 15.0 Å². The lowest BCUT2D eigenvalue weighted by atomic mass is 10.2. The molecule has 5 nitrogen and oxygen atoms in total. The largest absolute Gasteiger partial charge is 0.467 e. The predicted octanol–water partition coefficient (Wildman–Crippen LogP) is 2.44. The molecular formula is C10H8Cl2N4O. The van der Waals surface area contributed by atoms with Crippen LogP contribution in [0.25, 0.3) is 11.4 Å². The number of halogens is 2. The summed E-state index contributed by atoms with van der Waals surface area (Å²) in [7, 11) is 1.45. The van der Waals surface area contributed by atoms with Crippen molar-refractivity contribution >= 4 is 29.2 Å². The van der Waals surface area contributed by atoms with Crippen LogP contribution in [0.4, 0.5) is 5.95 Å². The Balaban J connectivity index is 2.55. The first-order valence-corrected chi connectivity index (χ1v) is 5.36. The number of anilines is 1. The van der Waals surface area contributed by atoms with Gasteiger partial charge in [-0.1, -0.05) is 23.2 Å². The number of ether oxygens (including phenoxy) is 1. The van der Waals surface area contributed by atoms with Crippen LogP contribution in [0.15, 0.2) is 18.2 Å². The van der Waals surface area contributed by atoms with Crippen molar-refractivity contribution in [3.05, 3.63) is 28.2 Å². The van der Waals surface area contributed by atoms with Crippen molar-refractivity contribution in [1.82, 2.24) is 15.0 Å². The van der Waals surface area contributed by atoms with Crippen LogP contribution in [0.1, 0.15) is 0 Å². The van der Waals surface area contributed by atoms with E-state index in [1.54, 1.807) is 18.2 Å². The molecule has 0 aliphatic carbocycles. The van der Waals surface area contributed by atoms with Crippen LogP contribution >= 0.6 is 23.2 Å². The maximum Gasteiger partial charge on any atom is 0.321 e. The fourth-order valence-corrected chi connectivity index (χ4v) is 1.75. The van der Waals surface area contributed by atoms with E-state index < -0.39 is 0 Å². The van der Waals surface area contributed by atoms with E-state index in [9.17, 15) is 0 Å². The number of methoxy groups -OCH3 is 1.